The second kappa shape index (κ2) is 24.6. The summed E-state index contributed by atoms with van der Waals surface area (Å²) in [5.74, 6) is -0.848. The molecule has 0 amide bonds. The maximum atomic E-state index is 14.0. The van der Waals surface area contributed by atoms with Crippen LogP contribution in [0.4, 0.5) is 0 Å². The largest absolute Gasteiger partial charge is 0.455 e. The molecule has 10 rings (SSSR count). The van der Waals surface area contributed by atoms with E-state index in [0.717, 1.165) is 38.5 Å². The van der Waals surface area contributed by atoms with Gasteiger partial charge in [-0.3, -0.25) is 9.59 Å². The molecule has 0 aromatic carbocycles. The van der Waals surface area contributed by atoms with Gasteiger partial charge in [0.1, 0.15) is 48.8 Å². The molecule has 2 bridgehead atoms. The molecular formula is C57H92O23. The summed E-state index contributed by atoms with van der Waals surface area (Å²) in [6.07, 6.45) is -10.2. The summed E-state index contributed by atoms with van der Waals surface area (Å²) in [6.45, 7) is 14.8. The SMILES string of the molecule is CO[C@H]1C[C@H](O[C@@H]2[C@@H](C)O[C@@H](O[C@H]3CC[C@@]4(C)C(CC[C@@]56OC(C)[C@H]7C[C@@H](OC(C)=O)C(=O)[C@]7(C)C(C[C@@H]54)O6)C3)C[C@H]2OC)O[C@H](C)[C@H]1O[C@H]1C[C@@H](OC)[C@H](O[C@H]2C[C@@H](OC)[C@H](O[C@@H]3O[C@H](CO)[C@@H](O)[C@H](O)[C@H]3O)[C@@H](C)O2)[C@@H](C)O1. The van der Waals surface area contributed by atoms with Gasteiger partial charge in [-0.1, -0.05) is 6.92 Å². The minimum Gasteiger partial charge on any atom is -0.455 e. The highest BCUT2D eigenvalue weighted by atomic mass is 16.8. The first kappa shape index (κ1) is 61.4. The molecule has 23 heteroatoms. The number of hydrogen-bond acceptors (Lipinski definition) is 23. The zero-order valence-electron chi connectivity index (χ0n) is 48.7. The van der Waals surface area contributed by atoms with E-state index in [2.05, 4.69) is 13.8 Å². The topological polar surface area (TPSA) is 272 Å². The first-order valence-electron chi connectivity index (χ1n) is 29.5. The molecular weight excluding hydrogens is 1050 g/mol. The molecule has 3 unspecified atom stereocenters. The third-order valence-electron chi connectivity index (χ3n) is 20.5. The summed E-state index contributed by atoms with van der Waals surface area (Å²) >= 11 is 0. The number of aliphatic hydroxyl groups excluding tert-OH is 4. The van der Waals surface area contributed by atoms with Gasteiger partial charge in [-0.2, -0.15) is 0 Å². The fraction of sp³-hybridized carbons (Fsp3) is 0.965. The maximum absolute atomic E-state index is 14.0. The van der Waals surface area contributed by atoms with Gasteiger partial charge in [0.2, 0.25) is 0 Å². The molecule has 1 spiro atoms. The Morgan fingerprint density at radius 2 is 1.06 bits per heavy atom. The Morgan fingerprint density at radius 1 is 0.575 bits per heavy atom. The highest BCUT2D eigenvalue weighted by Gasteiger charge is 2.72. The van der Waals surface area contributed by atoms with Crippen molar-refractivity contribution in [1.82, 2.24) is 0 Å². The highest BCUT2D eigenvalue weighted by molar-refractivity contribution is 5.93. The summed E-state index contributed by atoms with van der Waals surface area (Å²) < 4.78 is 108. The van der Waals surface area contributed by atoms with Crippen LogP contribution in [-0.4, -0.2) is 227 Å². The number of rotatable bonds is 16. The van der Waals surface area contributed by atoms with Crippen molar-refractivity contribution in [2.45, 2.75) is 285 Å². The zero-order valence-corrected chi connectivity index (χ0v) is 48.7. The lowest BCUT2D eigenvalue weighted by Crippen LogP contribution is -2.62. The summed E-state index contributed by atoms with van der Waals surface area (Å²) in [5, 5.41) is 40.9. The van der Waals surface area contributed by atoms with Crippen LogP contribution in [0.2, 0.25) is 0 Å². The zero-order chi connectivity index (χ0) is 57.3. The summed E-state index contributed by atoms with van der Waals surface area (Å²) in [6, 6.07) is 0. The predicted octanol–water partition coefficient (Wildman–Crippen LogP) is 2.96. The molecule has 0 aromatic heterocycles. The molecule has 7 heterocycles. The average molecular weight is 1150 g/mol. The molecule has 23 nitrogen and oxygen atoms in total. The van der Waals surface area contributed by atoms with Gasteiger partial charge in [0, 0.05) is 79.3 Å². The van der Waals surface area contributed by atoms with Crippen LogP contribution in [0, 0.1) is 28.6 Å². The van der Waals surface area contributed by atoms with Crippen LogP contribution in [0.25, 0.3) is 0 Å². The van der Waals surface area contributed by atoms with Gasteiger partial charge < -0.3 is 101 Å². The lowest BCUT2D eigenvalue weighted by Gasteiger charge is -2.57. The van der Waals surface area contributed by atoms with Gasteiger partial charge in [-0.25, -0.2) is 0 Å². The number of carbonyl (C=O) groups is 2. The molecule has 0 radical (unpaired) electrons. The standard InChI is InChI=1S/C57H92O23/c1-25-33-18-38(72-30(6)59)53(63)56(33,8)41-23-40-55(7)15-14-32(17-31(55)13-16-57(40,79-25)80-41)73-42-19-34(64-9)49(26(2)68-42)75-43-20-35(65-10)50(27(3)69-43)76-44-21-36(66-11)51(28(4)70-44)77-45-22-37(67-12)52(29(5)71-45)78-54-48(62)47(61)46(60)39(24-58)74-54/h25-29,31-52,54,58,60-62H,13-24H2,1-12H3/t25?,26-,27-,28-,29-,31?,32+,33-,34-,35+,36-,37-,38-,39-,40-,41?,42+,43+,44+,45+,46-,47+,48-,49-,50-,51-,52-,54+,55+,56+,57+/m1/s1. The minimum absolute atomic E-state index is 0.0117. The van der Waals surface area contributed by atoms with E-state index in [4.69, 9.17) is 80.5 Å². The Balaban J connectivity index is 0.693. The fourth-order valence-electron chi connectivity index (χ4n) is 16.1. The molecule has 31 atom stereocenters. The number of methoxy groups -OCH3 is 4. The second-order valence-electron chi connectivity index (χ2n) is 25.1. The number of aliphatic hydroxyl groups is 4. The van der Waals surface area contributed by atoms with E-state index in [0.29, 0.717) is 31.6 Å². The van der Waals surface area contributed by atoms with Crippen LogP contribution in [0.1, 0.15) is 126 Å². The molecule has 4 N–H and O–H groups in total. The monoisotopic (exact) mass is 1140 g/mol. The summed E-state index contributed by atoms with van der Waals surface area (Å²) in [4.78, 5) is 26.0. The van der Waals surface area contributed by atoms with Crippen LogP contribution < -0.4 is 0 Å². The van der Waals surface area contributed by atoms with Gasteiger partial charge in [0.15, 0.2) is 49.1 Å². The van der Waals surface area contributed by atoms with Crippen LogP contribution >= 0.6 is 0 Å². The number of carbonyl (C=O) groups excluding carboxylic acids is 2. The quantitative estimate of drug-likeness (QED) is 0.128. The van der Waals surface area contributed by atoms with Crippen molar-refractivity contribution in [1.29, 1.82) is 0 Å². The summed E-state index contributed by atoms with van der Waals surface area (Å²) in [5.41, 5.74) is -0.875. The first-order chi connectivity index (χ1) is 38.1. The van der Waals surface area contributed by atoms with Crippen LogP contribution in [0.5, 0.6) is 0 Å². The minimum atomic E-state index is -1.59. The smallest absolute Gasteiger partial charge is 0.303 e. The molecule has 10 aliphatic rings. The van der Waals surface area contributed by atoms with Gasteiger partial charge in [0.25, 0.3) is 0 Å². The summed E-state index contributed by atoms with van der Waals surface area (Å²) in [7, 11) is 6.46. The maximum Gasteiger partial charge on any atom is 0.303 e. The first-order valence-corrected chi connectivity index (χ1v) is 29.5. The van der Waals surface area contributed by atoms with Crippen molar-refractivity contribution in [3.05, 3.63) is 0 Å². The van der Waals surface area contributed by atoms with Crippen molar-refractivity contribution in [3.8, 4) is 0 Å². The Labute approximate surface area is 470 Å². The molecule has 7 aliphatic heterocycles. The number of hydrogen-bond donors (Lipinski definition) is 4. The van der Waals surface area contributed by atoms with Crippen LogP contribution in [0.3, 0.4) is 0 Å². The van der Waals surface area contributed by atoms with E-state index in [1.54, 1.807) is 28.3 Å². The van der Waals surface area contributed by atoms with E-state index in [1.807, 2.05) is 27.7 Å². The third kappa shape index (κ3) is 11.5. The molecule has 7 saturated heterocycles. The van der Waals surface area contributed by atoms with Crippen molar-refractivity contribution in [2.75, 3.05) is 35.0 Å². The normalized spacial score (nSPS) is 53.3. The van der Waals surface area contributed by atoms with Gasteiger partial charge in [-0.15, -0.1) is 0 Å². The Bertz CT molecular complexity index is 2110. The number of ketones is 1. The van der Waals surface area contributed by atoms with E-state index in [1.165, 1.54) is 14.0 Å². The second-order valence-corrected chi connectivity index (χ2v) is 25.1. The Kier molecular flexibility index (Phi) is 18.9. The molecule has 3 saturated carbocycles. The molecule has 80 heavy (non-hydrogen) atoms. The molecule has 0 aromatic rings. The highest BCUT2D eigenvalue weighted by Crippen LogP contribution is 2.67. The number of fused-ring (bicyclic) bond motifs is 5. The van der Waals surface area contributed by atoms with E-state index in [-0.39, 0.29) is 60.0 Å². The molecule has 3 aliphatic carbocycles. The van der Waals surface area contributed by atoms with E-state index >= 15 is 0 Å². The van der Waals surface area contributed by atoms with Gasteiger partial charge >= 0.3 is 5.97 Å². The number of ether oxygens (including phenoxy) is 17. The lowest BCUT2D eigenvalue weighted by atomic mass is 9.52. The van der Waals surface area contributed by atoms with E-state index in [9.17, 15) is 30.0 Å². The van der Waals surface area contributed by atoms with Crippen molar-refractivity contribution in [2.24, 2.45) is 28.6 Å². The van der Waals surface area contributed by atoms with Crippen molar-refractivity contribution >= 4 is 11.8 Å². The van der Waals surface area contributed by atoms with Crippen molar-refractivity contribution < 1.29 is 111 Å². The molecule has 458 valence electrons. The van der Waals surface area contributed by atoms with Gasteiger partial charge in [0.05, 0.1) is 79.2 Å². The lowest BCUT2D eigenvalue weighted by molar-refractivity contribution is -0.359. The Hall–Kier alpha value is -1.66. The molecule has 10 fully saturated rings. The predicted molar refractivity (Wildman–Crippen MR) is 275 cm³/mol. The van der Waals surface area contributed by atoms with Crippen LogP contribution in [-0.2, 0) is 90.1 Å². The third-order valence-corrected chi connectivity index (χ3v) is 20.5. The number of Topliss-reactive ketones (excluding diaryl/α,β-unsaturated/α-hetero) is 1. The van der Waals surface area contributed by atoms with Crippen LogP contribution in [0.15, 0.2) is 0 Å². The van der Waals surface area contributed by atoms with Crippen molar-refractivity contribution in [3.63, 3.8) is 0 Å². The fourth-order valence-corrected chi connectivity index (χ4v) is 16.1. The van der Waals surface area contributed by atoms with Gasteiger partial charge in [-0.05, 0) is 91.4 Å². The average Bonchev–Trinajstić information content (AvgIpc) is 3.70. The number of esters is 1. The van der Waals surface area contributed by atoms with E-state index < -0.39 is 147 Å². The Morgan fingerprint density at radius 3 is 1.54 bits per heavy atom.